The van der Waals surface area contributed by atoms with Crippen molar-refractivity contribution in [3.05, 3.63) is 18.2 Å². The van der Waals surface area contributed by atoms with Crippen LogP contribution in [0.1, 0.15) is 26.7 Å². The van der Waals surface area contributed by atoms with Crippen LogP contribution in [0.2, 0.25) is 0 Å². The highest BCUT2D eigenvalue weighted by atomic mass is 19.4. The number of para-hydroxylation sites is 1. The van der Waals surface area contributed by atoms with Crippen LogP contribution in [0, 0.1) is 5.92 Å². The van der Waals surface area contributed by atoms with Crippen LogP contribution >= 0.6 is 0 Å². The van der Waals surface area contributed by atoms with E-state index in [1.165, 1.54) is 0 Å². The highest BCUT2D eigenvalue weighted by molar-refractivity contribution is 5.74. The Hall–Kier alpha value is -1.59. The minimum Gasteiger partial charge on any atom is -0.489 e. The van der Waals surface area contributed by atoms with Crippen molar-refractivity contribution in [3.63, 3.8) is 0 Å². The van der Waals surface area contributed by atoms with E-state index in [0.29, 0.717) is 30.1 Å². The molecule has 0 saturated carbocycles. The van der Waals surface area contributed by atoms with E-state index in [0.717, 1.165) is 0 Å². The summed E-state index contributed by atoms with van der Waals surface area (Å²) in [5.41, 5.74) is 7.11. The van der Waals surface area contributed by atoms with Gasteiger partial charge in [0.15, 0.2) is 0 Å². The molecule has 1 saturated heterocycles. The van der Waals surface area contributed by atoms with Gasteiger partial charge < -0.3 is 15.4 Å². The lowest BCUT2D eigenvalue weighted by molar-refractivity contribution is -0.175. The van der Waals surface area contributed by atoms with Crippen molar-refractivity contribution < 1.29 is 17.9 Å². The molecule has 1 aromatic rings. The number of alkyl halides is 3. The molecule has 1 fully saturated rings. The van der Waals surface area contributed by atoms with E-state index in [9.17, 15) is 13.2 Å². The number of piperidine rings is 1. The smallest absolute Gasteiger partial charge is 0.393 e. The molecule has 1 aliphatic rings. The van der Waals surface area contributed by atoms with Crippen molar-refractivity contribution in [2.75, 3.05) is 23.7 Å². The van der Waals surface area contributed by atoms with E-state index < -0.39 is 12.1 Å². The van der Waals surface area contributed by atoms with Crippen molar-refractivity contribution in [2.24, 2.45) is 5.92 Å². The largest absolute Gasteiger partial charge is 0.489 e. The molecule has 118 valence electrons. The number of hydrogen-bond donors (Lipinski definition) is 1. The second-order valence-electron chi connectivity index (χ2n) is 5.68. The molecule has 1 aromatic carbocycles. The minimum atomic E-state index is -4.15. The van der Waals surface area contributed by atoms with Crippen molar-refractivity contribution in [2.45, 2.75) is 39.0 Å². The van der Waals surface area contributed by atoms with Gasteiger partial charge in [-0.15, -0.1) is 0 Å². The molecule has 2 rings (SSSR count). The van der Waals surface area contributed by atoms with Gasteiger partial charge in [-0.3, -0.25) is 0 Å². The third-order valence-electron chi connectivity index (χ3n) is 3.63. The van der Waals surface area contributed by atoms with Crippen LogP contribution in [-0.2, 0) is 0 Å². The highest BCUT2D eigenvalue weighted by Crippen LogP contribution is 2.38. The Labute approximate surface area is 122 Å². The third-order valence-corrected chi connectivity index (χ3v) is 3.63. The van der Waals surface area contributed by atoms with Gasteiger partial charge in [0.05, 0.1) is 23.4 Å². The first kappa shape index (κ1) is 15.8. The van der Waals surface area contributed by atoms with Crippen LogP contribution in [-0.4, -0.2) is 25.4 Å². The number of nitrogens with zero attached hydrogens (tertiary/aromatic N) is 1. The summed E-state index contributed by atoms with van der Waals surface area (Å²) < 4.78 is 44.3. The van der Waals surface area contributed by atoms with E-state index in [1.807, 2.05) is 13.8 Å². The Morgan fingerprint density at radius 2 is 2.05 bits per heavy atom. The molecule has 1 heterocycles. The van der Waals surface area contributed by atoms with Crippen LogP contribution in [0.25, 0.3) is 0 Å². The summed E-state index contributed by atoms with van der Waals surface area (Å²) >= 11 is 0. The maximum Gasteiger partial charge on any atom is 0.393 e. The summed E-state index contributed by atoms with van der Waals surface area (Å²) in [7, 11) is 0. The number of halogens is 3. The monoisotopic (exact) mass is 302 g/mol. The summed E-state index contributed by atoms with van der Waals surface area (Å²) in [6.45, 7) is 4.31. The first-order valence-corrected chi connectivity index (χ1v) is 7.16. The Morgan fingerprint density at radius 3 is 2.67 bits per heavy atom. The lowest BCUT2D eigenvalue weighted by Gasteiger charge is -2.36. The predicted octanol–water partition coefficient (Wildman–Crippen LogP) is 3.83. The number of nitrogens with two attached hydrogens (primary N) is 1. The number of benzene rings is 1. The van der Waals surface area contributed by atoms with E-state index in [1.54, 1.807) is 23.1 Å². The number of ether oxygens (including phenoxy) is 1. The molecule has 0 spiro atoms. The summed E-state index contributed by atoms with van der Waals surface area (Å²) in [5, 5.41) is 0. The molecule has 0 aliphatic carbocycles. The van der Waals surface area contributed by atoms with E-state index in [2.05, 4.69) is 0 Å². The van der Waals surface area contributed by atoms with Crippen LogP contribution in [0.3, 0.4) is 0 Å². The molecule has 3 nitrogen and oxygen atoms in total. The lowest BCUT2D eigenvalue weighted by atomic mass is 9.97. The van der Waals surface area contributed by atoms with Gasteiger partial charge in [0.2, 0.25) is 0 Å². The first-order valence-electron chi connectivity index (χ1n) is 7.16. The molecule has 0 aromatic heterocycles. The van der Waals surface area contributed by atoms with Gasteiger partial charge >= 0.3 is 6.18 Å². The van der Waals surface area contributed by atoms with Gasteiger partial charge in [0.1, 0.15) is 5.75 Å². The Morgan fingerprint density at radius 1 is 1.33 bits per heavy atom. The van der Waals surface area contributed by atoms with Crippen molar-refractivity contribution in [1.82, 2.24) is 0 Å². The van der Waals surface area contributed by atoms with Gasteiger partial charge in [-0.1, -0.05) is 6.07 Å². The van der Waals surface area contributed by atoms with E-state index in [4.69, 9.17) is 10.5 Å². The predicted molar refractivity (Wildman–Crippen MR) is 77.6 cm³/mol. The van der Waals surface area contributed by atoms with Gasteiger partial charge in [-0.2, -0.15) is 13.2 Å². The van der Waals surface area contributed by atoms with Crippen LogP contribution < -0.4 is 15.4 Å². The topological polar surface area (TPSA) is 38.5 Å². The highest BCUT2D eigenvalue weighted by Gasteiger charge is 2.42. The number of hydrogen-bond acceptors (Lipinski definition) is 3. The van der Waals surface area contributed by atoms with E-state index >= 15 is 0 Å². The maximum atomic E-state index is 12.9. The second-order valence-corrected chi connectivity index (χ2v) is 5.68. The zero-order chi connectivity index (χ0) is 15.6. The Kier molecular flexibility index (Phi) is 4.54. The Bertz CT molecular complexity index is 488. The molecule has 2 N–H and O–H groups in total. The van der Waals surface area contributed by atoms with Crippen LogP contribution in [0.5, 0.6) is 5.75 Å². The zero-order valence-corrected chi connectivity index (χ0v) is 12.3. The normalized spacial score (nSPS) is 19.9. The molecular weight excluding hydrogens is 281 g/mol. The van der Waals surface area contributed by atoms with Crippen molar-refractivity contribution >= 4 is 11.4 Å². The molecule has 0 amide bonds. The molecule has 0 radical (unpaired) electrons. The van der Waals surface area contributed by atoms with Gasteiger partial charge in [0.25, 0.3) is 0 Å². The van der Waals surface area contributed by atoms with Crippen molar-refractivity contribution in [1.29, 1.82) is 0 Å². The first-order chi connectivity index (χ1) is 9.79. The summed E-state index contributed by atoms with van der Waals surface area (Å²) in [6, 6.07) is 5.26. The minimum absolute atomic E-state index is 0.0353. The molecular formula is C15H21F3N2O. The fourth-order valence-corrected chi connectivity index (χ4v) is 2.63. The van der Waals surface area contributed by atoms with Gasteiger partial charge in [-0.25, -0.2) is 0 Å². The summed E-state index contributed by atoms with van der Waals surface area (Å²) in [4.78, 5) is 1.71. The maximum absolute atomic E-state index is 12.9. The molecule has 21 heavy (non-hydrogen) atoms. The number of anilines is 2. The SMILES string of the molecule is CC(C)Oc1cccc(N2CCCC(C(F)(F)F)C2)c1N. The number of nitrogen functional groups attached to an aromatic ring is 1. The molecule has 1 unspecified atom stereocenters. The fourth-order valence-electron chi connectivity index (χ4n) is 2.63. The average Bonchev–Trinajstić information content (AvgIpc) is 2.40. The average molecular weight is 302 g/mol. The lowest BCUT2D eigenvalue weighted by Crippen LogP contribution is -2.42. The van der Waals surface area contributed by atoms with Gasteiger partial charge in [0, 0.05) is 13.1 Å². The molecule has 1 aliphatic heterocycles. The third kappa shape index (κ3) is 3.74. The van der Waals surface area contributed by atoms with Gasteiger partial charge in [-0.05, 0) is 38.8 Å². The quantitative estimate of drug-likeness (QED) is 0.862. The number of rotatable bonds is 3. The second kappa shape index (κ2) is 6.03. The molecule has 1 atom stereocenters. The summed E-state index contributed by atoms with van der Waals surface area (Å²) in [6.07, 6.45) is -3.49. The van der Waals surface area contributed by atoms with Crippen LogP contribution in [0.4, 0.5) is 24.5 Å². The van der Waals surface area contributed by atoms with E-state index in [-0.39, 0.29) is 19.1 Å². The molecule has 0 bridgehead atoms. The zero-order valence-electron chi connectivity index (χ0n) is 12.3. The van der Waals surface area contributed by atoms with Crippen molar-refractivity contribution in [3.8, 4) is 5.75 Å². The summed E-state index contributed by atoms with van der Waals surface area (Å²) in [5.74, 6) is -0.767. The standard InChI is InChI=1S/C15H21F3N2O/c1-10(2)21-13-7-3-6-12(14(13)19)20-8-4-5-11(9-20)15(16,17)18/h3,6-7,10-11H,4-5,8-9,19H2,1-2H3. The fraction of sp³-hybridized carbons (Fsp3) is 0.600. The Balaban J connectivity index is 2.21. The van der Waals surface area contributed by atoms with Crippen LogP contribution in [0.15, 0.2) is 18.2 Å². The molecule has 6 heteroatoms.